The summed E-state index contributed by atoms with van der Waals surface area (Å²) in [4.78, 5) is 4.40. The van der Waals surface area contributed by atoms with Gasteiger partial charge in [-0.25, -0.2) is 0 Å². The first-order chi connectivity index (χ1) is 8.74. The highest BCUT2D eigenvalue weighted by Gasteiger charge is 2.20. The lowest BCUT2D eigenvalue weighted by atomic mass is 10.2. The zero-order chi connectivity index (χ0) is 12.8. The summed E-state index contributed by atoms with van der Waals surface area (Å²) < 4.78 is 5.67. The van der Waals surface area contributed by atoms with E-state index in [9.17, 15) is 0 Å². The predicted molar refractivity (Wildman–Crippen MR) is 73.6 cm³/mol. The minimum absolute atomic E-state index is 0.676. The van der Waals surface area contributed by atoms with Gasteiger partial charge in [0.15, 0.2) is 0 Å². The first-order valence-electron chi connectivity index (χ1n) is 7.02. The highest BCUT2D eigenvalue weighted by molar-refractivity contribution is 5.19. The number of rotatable bonds is 8. The van der Waals surface area contributed by atoms with Crippen molar-refractivity contribution in [2.75, 3.05) is 13.2 Å². The molecular formula is C15H24N2O. The molecule has 100 valence electrons. The topological polar surface area (TPSA) is 34.1 Å². The fraction of sp³-hybridized carbons (Fsp3) is 0.667. The van der Waals surface area contributed by atoms with E-state index in [1.807, 2.05) is 18.3 Å². The third-order valence-electron chi connectivity index (χ3n) is 3.15. The average Bonchev–Trinajstić information content (AvgIpc) is 3.15. The van der Waals surface area contributed by atoms with Crippen LogP contribution in [0.4, 0.5) is 0 Å². The van der Waals surface area contributed by atoms with E-state index in [0.29, 0.717) is 5.92 Å². The molecule has 0 radical (unpaired) electrons. The summed E-state index contributed by atoms with van der Waals surface area (Å²) in [6.07, 6.45) is 5.81. The zero-order valence-corrected chi connectivity index (χ0v) is 11.5. The summed E-state index contributed by atoms with van der Waals surface area (Å²) in [5.74, 6) is 2.50. The summed E-state index contributed by atoms with van der Waals surface area (Å²) in [7, 11) is 0. The van der Waals surface area contributed by atoms with Crippen LogP contribution in [0.1, 0.15) is 38.8 Å². The molecule has 0 bridgehead atoms. The van der Waals surface area contributed by atoms with Crippen LogP contribution in [0.3, 0.4) is 0 Å². The lowest BCUT2D eigenvalue weighted by Crippen LogP contribution is -2.19. The van der Waals surface area contributed by atoms with E-state index in [1.165, 1.54) is 19.3 Å². The van der Waals surface area contributed by atoms with Gasteiger partial charge in [0, 0.05) is 6.54 Å². The van der Waals surface area contributed by atoms with Gasteiger partial charge in [0.05, 0.1) is 18.5 Å². The van der Waals surface area contributed by atoms with E-state index in [0.717, 1.165) is 37.1 Å². The molecule has 0 spiro atoms. The number of nitrogens with zero attached hydrogens (tertiary/aromatic N) is 1. The Bertz CT molecular complexity index is 317. The molecule has 0 amide bonds. The van der Waals surface area contributed by atoms with Gasteiger partial charge < -0.3 is 10.1 Å². The number of pyridine rings is 1. The van der Waals surface area contributed by atoms with E-state index in [4.69, 9.17) is 4.74 Å². The van der Waals surface area contributed by atoms with Gasteiger partial charge in [-0.2, -0.15) is 0 Å². The van der Waals surface area contributed by atoms with Crippen LogP contribution in [0.15, 0.2) is 18.3 Å². The first-order valence-corrected chi connectivity index (χ1v) is 7.02. The number of hydrogen-bond donors (Lipinski definition) is 1. The maximum atomic E-state index is 5.67. The molecule has 1 aliphatic rings. The smallest absolute Gasteiger partial charge is 0.137 e. The maximum Gasteiger partial charge on any atom is 0.137 e. The molecule has 1 N–H and O–H groups in total. The lowest BCUT2D eigenvalue weighted by molar-refractivity contribution is 0.301. The molecule has 0 unspecified atom stereocenters. The van der Waals surface area contributed by atoms with E-state index >= 15 is 0 Å². The van der Waals surface area contributed by atoms with Crippen LogP contribution >= 0.6 is 0 Å². The predicted octanol–water partition coefficient (Wildman–Crippen LogP) is 3.01. The second kappa shape index (κ2) is 6.74. The third kappa shape index (κ3) is 5.05. The van der Waals surface area contributed by atoms with Crippen molar-refractivity contribution in [3.8, 4) is 5.75 Å². The number of ether oxygens (including phenoxy) is 1. The van der Waals surface area contributed by atoms with Crippen LogP contribution in [-0.2, 0) is 6.54 Å². The monoisotopic (exact) mass is 248 g/mol. The van der Waals surface area contributed by atoms with Gasteiger partial charge in [0.2, 0.25) is 0 Å². The average molecular weight is 248 g/mol. The van der Waals surface area contributed by atoms with Crippen LogP contribution in [0.25, 0.3) is 0 Å². The minimum atomic E-state index is 0.676. The molecule has 1 aromatic rings. The summed E-state index contributed by atoms with van der Waals surface area (Å²) in [6, 6.07) is 4.06. The summed E-state index contributed by atoms with van der Waals surface area (Å²) in [6.45, 7) is 7.10. The van der Waals surface area contributed by atoms with Crippen molar-refractivity contribution in [3.05, 3.63) is 24.0 Å². The minimum Gasteiger partial charge on any atom is -0.492 e. The van der Waals surface area contributed by atoms with Crippen molar-refractivity contribution in [2.45, 2.75) is 39.7 Å². The van der Waals surface area contributed by atoms with Crippen molar-refractivity contribution in [1.82, 2.24) is 10.3 Å². The fourth-order valence-corrected chi connectivity index (χ4v) is 1.84. The molecule has 1 fully saturated rings. The molecule has 0 saturated heterocycles. The molecule has 1 aromatic heterocycles. The van der Waals surface area contributed by atoms with E-state index in [-0.39, 0.29) is 0 Å². The molecule has 0 atom stereocenters. The molecule has 18 heavy (non-hydrogen) atoms. The van der Waals surface area contributed by atoms with E-state index in [2.05, 4.69) is 24.1 Å². The van der Waals surface area contributed by atoms with Crippen LogP contribution in [-0.4, -0.2) is 18.1 Å². The van der Waals surface area contributed by atoms with Crippen molar-refractivity contribution < 1.29 is 4.74 Å². The summed E-state index contributed by atoms with van der Waals surface area (Å²) in [5.41, 5.74) is 1.07. The van der Waals surface area contributed by atoms with Gasteiger partial charge in [0.25, 0.3) is 0 Å². The van der Waals surface area contributed by atoms with Crippen LogP contribution in [0.2, 0.25) is 0 Å². The maximum absolute atomic E-state index is 5.67. The van der Waals surface area contributed by atoms with Crippen molar-refractivity contribution in [1.29, 1.82) is 0 Å². The van der Waals surface area contributed by atoms with Gasteiger partial charge >= 0.3 is 0 Å². The largest absolute Gasteiger partial charge is 0.492 e. The Labute approximate surface area is 110 Å². The van der Waals surface area contributed by atoms with Gasteiger partial charge in [-0.1, -0.05) is 26.7 Å². The molecule has 1 heterocycles. The van der Waals surface area contributed by atoms with E-state index in [1.54, 1.807) is 0 Å². The second-order valence-electron chi connectivity index (χ2n) is 5.59. The summed E-state index contributed by atoms with van der Waals surface area (Å²) in [5, 5.41) is 3.38. The second-order valence-corrected chi connectivity index (χ2v) is 5.59. The fourth-order valence-electron chi connectivity index (χ4n) is 1.84. The van der Waals surface area contributed by atoms with Crippen molar-refractivity contribution in [2.24, 2.45) is 11.8 Å². The SMILES string of the molecule is CC(C)CNCc1ccc(OCCC2CC2)cn1. The van der Waals surface area contributed by atoms with Crippen LogP contribution < -0.4 is 10.1 Å². The normalized spacial score (nSPS) is 15.1. The highest BCUT2D eigenvalue weighted by atomic mass is 16.5. The van der Waals surface area contributed by atoms with Gasteiger partial charge in [-0.15, -0.1) is 0 Å². The quantitative estimate of drug-likeness (QED) is 0.768. The lowest BCUT2D eigenvalue weighted by Gasteiger charge is -2.08. The highest BCUT2D eigenvalue weighted by Crippen LogP contribution is 2.32. The molecule has 3 heteroatoms. The Morgan fingerprint density at radius 1 is 1.39 bits per heavy atom. The number of aromatic nitrogens is 1. The van der Waals surface area contributed by atoms with Crippen molar-refractivity contribution >= 4 is 0 Å². The molecule has 0 aromatic carbocycles. The number of hydrogen-bond acceptors (Lipinski definition) is 3. The Hall–Kier alpha value is -1.09. The summed E-state index contributed by atoms with van der Waals surface area (Å²) >= 11 is 0. The zero-order valence-electron chi connectivity index (χ0n) is 11.5. The van der Waals surface area contributed by atoms with Gasteiger partial charge in [-0.3, -0.25) is 4.98 Å². The van der Waals surface area contributed by atoms with Crippen LogP contribution in [0.5, 0.6) is 5.75 Å². The van der Waals surface area contributed by atoms with Gasteiger partial charge in [0.1, 0.15) is 5.75 Å². The van der Waals surface area contributed by atoms with Gasteiger partial charge in [-0.05, 0) is 36.9 Å². The molecule has 1 saturated carbocycles. The molecule has 1 aliphatic carbocycles. The van der Waals surface area contributed by atoms with Crippen molar-refractivity contribution in [3.63, 3.8) is 0 Å². The third-order valence-corrected chi connectivity index (χ3v) is 3.15. The molecule has 0 aliphatic heterocycles. The first kappa shape index (κ1) is 13.3. The Morgan fingerprint density at radius 3 is 2.83 bits per heavy atom. The number of nitrogens with one attached hydrogen (secondary N) is 1. The Morgan fingerprint density at radius 2 is 2.22 bits per heavy atom. The molecule has 3 nitrogen and oxygen atoms in total. The Balaban J connectivity index is 1.67. The molecule has 2 rings (SSSR count). The Kier molecular flexibility index (Phi) is 5.00. The standard InChI is InChI=1S/C15H24N2O/c1-12(2)9-16-10-14-5-6-15(11-17-14)18-8-7-13-3-4-13/h5-6,11-13,16H,3-4,7-10H2,1-2H3. The van der Waals surface area contributed by atoms with E-state index < -0.39 is 0 Å². The molecular weight excluding hydrogens is 224 g/mol. The van der Waals surface area contributed by atoms with Crippen LogP contribution in [0, 0.1) is 11.8 Å².